The number of nitro groups is 1. The molecule has 3 rings (SSSR count). The van der Waals surface area contributed by atoms with Gasteiger partial charge in [-0.3, -0.25) is 19.6 Å². The molecule has 0 saturated carbocycles. The van der Waals surface area contributed by atoms with E-state index in [1.807, 2.05) is 13.8 Å². The van der Waals surface area contributed by atoms with Crippen molar-refractivity contribution >= 4 is 15.8 Å². The van der Waals surface area contributed by atoms with E-state index in [4.69, 9.17) is 9.29 Å². The van der Waals surface area contributed by atoms with Crippen LogP contribution in [0.1, 0.15) is 50.3 Å². The molecule has 158 valence electrons. The molecule has 2 aliphatic heterocycles. The highest BCUT2D eigenvalue weighted by atomic mass is 32.2. The van der Waals surface area contributed by atoms with E-state index in [0.29, 0.717) is 17.6 Å². The van der Waals surface area contributed by atoms with Gasteiger partial charge in [0.25, 0.3) is 15.8 Å². The molecule has 0 aliphatic carbocycles. The van der Waals surface area contributed by atoms with Gasteiger partial charge in [-0.2, -0.15) is 8.42 Å². The van der Waals surface area contributed by atoms with Crippen molar-refractivity contribution in [2.75, 3.05) is 19.3 Å². The molecule has 1 aromatic rings. The lowest BCUT2D eigenvalue weighted by Crippen LogP contribution is -2.54. The van der Waals surface area contributed by atoms with Crippen LogP contribution in [0.15, 0.2) is 12.1 Å². The number of benzene rings is 1. The number of hydrogen-bond donors (Lipinski definition) is 2. The Kier molecular flexibility index (Phi) is 6.70. The molecule has 2 aliphatic rings. The highest BCUT2D eigenvalue weighted by Gasteiger charge is 2.46. The lowest BCUT2D eigenvalue weighted by atomic mass is 9.83. The Bertz CT molecular complexity index is 825. The minimum absolute atomic E-state index is 0.0633. The summed E-state index contributed by atoms with van der Waals surface area (Å²) >= 11 is 0. The fourth-order valence-corrected chi connectivity index (χ4v) is 3.74. The highest BCUT2D eigenvalue weighted by Crippen LogP contribution is 2.47. The zero-order valence-corrected chi connectivity index (χ0v) is 17.4. The summed E-state index contributed by atoms with van der Waals surface area (Å²) in [6.07, 6.45) is 3.49. The molecule has 1 fully saturated rings. The van der Waals surface area contributed by atoms with E-state index in [0.717, 1.165) is 31.5 Å². The summed E-state index contributed by atoms with van der Waals surface area (Å²) in [5.74, 6) is 0.560. The SMILES string of the molecule is CS(=O)(=O)O.Cc1c([N+](=O)[O-])ccc2c1OC(C)(C)[C@@H](O)[C@@H]2N1CCCCC1. The Hall–Kier alpha value is -1.75. The van der Waals surface area contributed by atoms with E-state index in [9.17, 15) is 23.6 Å². The molecule has 28 heavy (non-hydrogen) atoms. The van der Waals surface area contributed by atoms with Crippen molar-refractivity contribution < 1.29 is 27.7 Å². The van der Waals surface area contributed by atoms with Gasteiger partial charge >= 0.3 is 0 Å². The van der Waals surface area contributed by atoms with E-state index in [2.05, 4.69) is 4.90 Å². The second-order valence-electron chi connectivity index (χ2n) is 7.81. The van der Waals surface area contributed by atoms with Crippen molar-refractivity contribution in [1.82, 2.24) is 4.90 Å². The maximum atomic E-state index is 11.2. The van der Waals surface area contributed by atoms with Crippen molar-refractivity contribution in [2.24, 2.45) is 0 Å². The normalized spacial score (nSPS) is 24.4. The summed E-state index contributed by atoms with van der Waals surface area (Å²) in [5, 5.41) is 22.1. The van der Waals surface area contributed by atoms with Gasteiger partial charge in [-0.05, 0) is 52.8 Å². The fourth-order valence-electron chi connectivity index (χ4n) is 3.74. The number of aliphatic hydroxyl groups excluding tert-OH is 1. The minimum Gasteiger partial charge on any atom is -0.484 e. The number of likely N-dealkylation sites (tertiary alicyclic amines) is 1. The van der Waals surface area contributed by atoms with Crippen LogP contribution in [0.25, 0.3) is 0 Å². The van der Waals surface area contributed by atoms with Crippen molar-refractivity contribution in [3.8, 4) is 5.75 Å². The van der Waals surface area contributed by atoms with Crippen LogP contribution in [0.4, 0.5) is 5.69 Å². The maximum Gasteiger partial charge on any atom is 0.276 e. The van der Waals surface area contributed by atoms with Gasteiger partial charge in [0.1, 0.15) is 17.5 Å². The molecule has 2 N–H and O–H groups in total. The number of ether oxygens (including phenoxy) is 1. The van der Waals surface area contributed by atoms with Gasteiger partial charge in [-0.25, -0.2) is 0 Å². The van der Waals surface area contributed by atoms with E-state index in [-0.39, 0.29) is 16.7 Å². The quantitative estimate of drug-likeness (QED) is 0.427. The van der Waals surface area contributed by atoms with Crippen molar-refractivity contribution in [1.29, 1.82) is 0 Å². The number of fused-ring (bicyclic) bond motifs is 1. The molecular weight excluding hydrogens is 388 g/mol. The Labute approximate surface area is 165 Å². The van der Waals surface area contributed by atoms with Crippen LogP contribution in [0, 0.1) is 17.0 Å². The third-order valence-corrected chi connectivity index (χ3v) is 5.08. The monoisotopic (exact) mass is 416 g/mol. The van der Waals surface area contributed by atoms with Crippen molar-refractivity contribution in [3.63, 3.8) is 0 Å². The van der Waals surface area contributed by atoms with Crippen LogP contribution < -0.4 is 4.74 Å². The van der Waals surface area contributed by atoms with E-state index < -0.39 is 21.8 Å². The molecule has 1 aromatic carbocycles. The molecule has 0 spiro atoms. The first-order chi connectivity index (χ1) is 12.8. The van der Waals surface area contributed by atoms with Gasteiger partial charge in [0.05, 0.1) is 22.8 Å². The lowest BCUT2D eigenvalue weighted by molar-refractivity contribution is -0.385. The summed E-state index contributed by atoms with van der Waals surface area (Å²) < 4.78 is 31.9. The molecule has 0 bridgehead atoms. The third kappa shape index (κ3) is 5.19. The molecule has 0 radical (unpaired) electrons. The van der Waals surface area contributed by atoms with Crippen molar-refractivity contribution in [2.45, 2.75) is 57.8 Å². The minimum atomic E-state index is -3.67. The molecule has 2 heterocycles. The molecule has 1 saturated heterocycles. The van der Waals surface area contributed by atoms with Crippen LogP contribution in [-0.2, 0) is 10.1 Å². The molecule has 9 nitrogen and oxygen atoms in total. The fraction of sp³-hybridized carbons (Fsp3) is 0.667. The first kappa shape index (κ1) is 22.5. The number of piperidine rings is 1. The predicted octanol–water partition coefficient (Wildman–Crippen LogP) is 2.47. The number of nitro benzene ring substituents is 1. The summed E-state index contributed by atoms with van der Waals surface area (Å²) in [6, 6.07) is 3.10. The maximum absolute atomic E-state index is 11.2. The number of aliphatic hydroxyl groups is 1. The van der Waals surface area contributed by atoms with Crippen molar-refractivity contribution in [3.05, 3.63) is 33.4 Å². The van der Waals surface area contributed by atoms with Gasteiger partial charge in [-0.15, -0.1) is 0 Å². The second-order valence-corrected chi connectivity index (χ2v) is 9.28. The Morgan fingerprint density at radius 3 is 2.29 bits per heavy atom. The Morgan fingerprint density at radius 2 is 1.79 bits per heavy atom. The van der Waals surface area contributed by atoms with Crippen LogP contribution >= 0.6 is 0 Å². The van der Waals surface area contributed by atoms with Gasteiger partial charge in [0, 0.05) is 11.6 Å². The topological polar surface area (TPSA) is 130 Å². The van der Waals surface area contributed by atoms with Crippen LogP contribution in [0.5, 0.6) is 5.75 Å². The molecular formula is C18H28N2O7S. The van der Waals surface area contributed by atoms with Gasteiger partial charge in [0.2, 0.25) is 0 Å². The highest BCUT2D eigenvalue weighted by molar-refractivity contribution is 7.85. The standard InChI is InChI=1S/C17H24N2O4.CH4O3S/c1-11-13(19(21)22)8-7-12-14(18-9-5-4-6-10-18)16(20)17(2,3)23-15(11)12;1-5(2,3)4/h7-8,14,16,20H,4-6,9-10H2,1-3H3;1H3,(H,2,3,4)/t14-,16+;/m1./s1. The lowest BCUT2D eigenvalue weighted by Gasteiger charge is -2.47. The summed E-state index contributed by atoms with van der Waals surface area (Å²) in [7, 11) is -3.67. The van der Waals surface area contributed by atoms with E-state index in [1.165, 1.54) is 12.5 Å². The predicted molar refractivity (Wildman–Crippen MR) is 104 cm³/mol. The van der Waals surface area contributed by atoms with Crippen LogP contribution in [0.2, 0.25) is 0 Å². The number of nitrogens with zero attached hydrogens (tertiary/aromatic N) is 2. The average Bonchev–Trinajstić information content (AvgIpc) is 2.56. The molecule has 0 unspecified atom stereocenters. The van der Waals surface area contributed by atoms with Gasteiger partial charge in [0.15, 0.2) is 0 Å². The second kappa shape index (κ2) is 8.32. The Morgan fingerprint density at radius 1 is 1.25 bits per heavy atom. The molecule has 0 aromatic heterocycles. The molecule has 2 atom stereocenters. The zero-order chi connectivity index (χ0) is 21.3. The average molecular weight is 416 g/mol. The smallest absolute Gasteiger partial charge is 0.276 e. The zero-order valence-electron chi connectivity index (χ0n) is 16.6. The summed E-state index contributed by atoms with van der Waals surface area (Å²) in [5.41, 5.74) is 0.680. The third-order valence-electron chi connectivity index (χ3n) is 5.08. The first-order valence-corrected chi connectivity index (χ1v) is 11.0. The summed E-state index contributed by atoms with van der Waals surface area (Å²) in [6.45, 7) is 7.28. The van der Waals surface area contributed by atoms with Gasteiger partial charge in [-0.1, -0.05) is 6.42 Å². The number of hydrogen-bond acceptors (Lipinski definition) is 7. The largest absolute Gasteiger partial charge is 0.484 e. The van der Waals surface area contributed by atoms with Gasteiger partial charge < -0.3 is 9.84 Å². The summed E-state index contributed by atoms with van der Waals surface area (Å²) in [4.78, 5) is 13.1. The first-order valence-electron chi connectivity index (χ1n) is 9.14. The van der Waals surface area contributed by atoms with Crippen LogP contribution in [0.3, 0.4) is 0 Å². The van der Waals surface area contributed by atoms with Crippen LogP contribution in [-0.4, -0.2) is 59.0 Å². The van der Waals surface area contributed by atoms with E-state index in [1.54, 1.807) is 13.0 Å². The number of rotatable bonds is 2. The van der Waals surface area contributed by atoms with E-state index >= 15 is 0 Å². The molecule has 10 heteroatoms. The Balaban J connectivity index is 0.000000500. The molecule has 0 amide bonds.